The van der Waals surface area contributed by atoms with Crippen molar-refractivity contribution in [3.8, 4) is 11.5 Å². The molecule has 0 radical (unpaired) electrons. The van der Waals surface area contributed by atoms with Gasteiger partial charge in [0.05, 0.1) is 14.2 Å². The van der Waals surface area contributed by atoms with Gasteiger partial charge in [0, 0.05) is 17.5 Å². The summed E-state index contributed by atoms with van der Waals surface area (Å²) in [5.74, 6) is 3.20. The van der Waals surface area contributed by atoms with Gasteiger partial charge in [0.15, 0.2) is 0 Å². The van der Waals surface area contributed by atoms with Crippen molar-refractivity contribution in [3.63, 3.8) is 0 Å². The minimum absolute atomic E-state index is 0.596. The molecule has 0 aromatic heterocycles. The molecule has 2 fully saturated rings. The molecule has 2 aliphatic heterocycles. The Morgan fingerprint density at radius 1 is 0.690 bits per heavy atom. The van der Waals surface area contributed by atoms with Gasteiger partial charge < -0.3 is 20.1 Å². The highest BCUT2D eigenvalue weighted by atomic mass is 16.5. The summed E-state index contributed by atoms with van der Waals surface area (Å²) in [6, 6.07) is 13.1. The standard InChI is InChI=1S/C25H34N2O2/c1-28-24-7-3-5-20(18-9-13-26-14-10-18)22(24)17-23-21(6-4-8-25(23)29-2)19-11-15-27-16-12-19/h3-8,18-19,26-27H,9-17H2,1-2H3. The summed E-state index contributed by atoms with van der Waals surface area (Å²) in [4.78, 5) is 0. The van der Waals surface area contributed by atoms with Crippen LogP contribution < -0.4 is 20.1 Å². The van der Waals surface area contributed by atoms with Crippen molar-refractivity contribution in [3.05, 3.63) is 58.7 Å². The van der Waals surface area contributed by atoms with E-state index >= 15 is 0 Å². The van der Waals surface area contributed by atoms with E-state index in [0.29, 0.717) is 11.8 Å². The number of hydrogen-bond donors (Lipinski definition) is 2. The Morgan fingerprint density at radius 3 is 1.48 bits per heavy atom. The first kappa shape index (κ1) is 20.2. The lowest BCUT2D eigenvalue weighted by Gasteiger charge is -2.29. The molecule has 156 valence electrons. The molecule has 0 amide bonds. The predicted octanol–water partition coefficient (Wildman–Crippen LogP) is 4.23. The topological polar surface area (TPSA) is 42.5 Å². The van der Waals surface area contributed by atoms with Crippen molar-refractivity contribution in [2.75, 3.05) is 40.4 Å². The smallest absolute Gasteiger partial charge is 0.122 e. The molecule has 2 heterocycles. The Balaban J connectivity index is 1.75. The van der Waals surface area contributed by atoms with Gasteiger partial charge in [0.2, 0.25) is 0 Å². The third-order valence-electron chi connectivity index (χ3n) is 6.69. The molecule has 0 saturated carbocycles. The van der Waals surface area contributed by atoms with E-state index in [1.54, 1.807) is 14.2 Å². The van der Waals surface area contributed by atoms with E-state index in [1.807, 2.05) is 0 Å². The Hall–Kier alpha value is -2.04. The number of benzene rings is 2. The summed E-state index contributed by atoms with van der Waals surface area (Å²) < 4.78 is 11.7. The van der Waals surface area contributed by atoms with Crippen molar-refractivity contribution in [1.29, 1.82) is 0 Å². The third kappa shape index (κ3) is 4.44. The average Bonchev–Trinajstić information content (AvgIpc) is 2.80. The molecule has 2 aromatic rings. The van der Waals surface area contributed by atoms with Crippen molar-refractivity contribution in [2.45, 2.75) is 43.9 Å². The van der Waals surface area contributed by atoms with Crippen LogP contribution in [0.1, 0.15) is 59.8 Å². The average molecular weight is 395 g/mol. The van der Waals surface area contributed by atoms with E-state index < -0.39 is 0 Å². The fraction of sp³-hybridized carbons (Fsp3) is 0.520. The quantitative estimate of drug-likeness (QED) is 0.770. The van der Waals surface area contributed by atoms with E-state index in [-0.39, 0.29) is 0 Å². The lowest BCUT2D eigenvalue weighted by atomic mass is 9.81. The first-order valence-electron chi connectivity index (χ1n) is 11.0. The maximum absolute atomic E-state index is 5.84. The minimum Gasteiger partial charge on any atom is -0.496 e. The molecule has 4 heteroatoms. The monoisotopic (exact) mass is 394 g/mol. The van der Waals surface area contributed by atoms with Gasteiger partial charge in [-0.05, 0) is 87.0 Å². The molecule has 2 N–H and O–H groups in total. The Morgan fingerprint density at radius 2 is 1.10 bits per heavy atom. The van der Waals surface area contributed by atoms with E-state index in [2.05, 4.69) is 47.0 Å². The van der Waals surface area contributed by atoms with Crippen molar-refractivity contribution < 1.29 is 9.47 Å². The summed E-state index contributed by atoms with van der Waals surface area (Å²) >= 11 is 0. The van der Waals surface area contributed by atoms with Gasteiger partial charge in [0.1, 0.15) is 11.5 Å². The molecule has 4 rings (SSSR count). The van der Waals surface area contributed by atoms with E-state index in [0.717, 1.165) is 44.1 Å². The number of rotatable bonds is 6. The molecule has 2 saturated heterocycles. The SMILES string of the molecule is COc1cccc(C2CCNCC2)c1Cc1c(OC)cccc1C1CCNCC1. The lowest BCUT2D eigenvalue weighted by Crippen LogP contribution is -2.27. The summed E-state index contributed by atoms with van der Waals surface area (Å²) in [6.45, 7) is 4.37. The molecule has 2 aliphatic rings. The van der Waals surface area contributed by atoms with Crippen LogP contribution in [0.25, 0.3) is 0 Å². The van der Waals surface area contributed by atoms with Crippen LogP contribution in [0.15, 0.2) is 36.4 Å². The summed E-state index contributed by atoms with van der Waals surface area (Å²) in [5.41, 5.74) is 5.57. The molecular weight excluding hydrogens is 360 g/mol. The molecule has 0 bridgehead atoms. The second-order valence-corrected chi connectivity index (χ2v) is 8.28. The molecule has 29 heavy (non-hydrogen) atoms. The van der Waals surface area contributed by atoms with Crippen molar-refractivity contribution >= 4 is 0 Å². The number of methoxy groups -OCH3 is 2. The largest absolute Gasteiger partial charge is 0.496 e. The molecule has 0 atom stereocenters. The third-order valence-corrected chi connectivity index (χ3v) is 6.69. The van der Waals surface area contributed by atoms with Crippen LogP contribution in [0.3, 0.4) is 0 Å². The Labute approximate surface area is 175 Å². The summed E-state index contributed by atoms with van der Waals surface area (Å²) in [7, 11) is 3.59. The van der Waals surface area contributed by atoms with Crippen LogP contribution in [-0.2, 0) is 6.42 Å². The second-order valence-electron chi connectivity index (χ2n) is 8.28. The zero-order chi connectivity index (χ0) is 20.1. The van der Waals surface area contributed by atoms with E-state index in [1.165, 1.54) is 47.9 Å². The van der Waals surface area contributed by atoms with Crippen LogP contribution in [0, 0.1) is 0 Å². The number of ether oxygens (including phenoxy) is 2. The fourth-order valence-electron chi connectivity index (χ4n) is 5.13. The van der Waals surface area contributed by atoms with Crippen LogP contribution in [0.4, 0.5) is 0 Å². The fourth-order valence-corrected chi connectivity index (χ4v) is 5.13. The molecule has 0 spiro atoms. The van der Waals surface area contributed by atoms with Crippen LogP contribution >= 0.6 is 0 Å². The number of piperidine rings is 2. The van der Waals surface area contributed by atoms with E-state index in [4.69, 9.17) is 9.47 Å². The molecule has 2 aromatic carbocycles. The predicted molar refractivity (Wildman–Crippen MR) is 118 cm³/mol. The summed E-state index contributed by atoms with van der Waals surface area (Å²) in [6.07, 6.45) is 5.62. The van der Waals surface area contributed by atoms with Gasteiger partial charge in [-0.3, -0.25) is 0 Å². The molecular formula is C25H34N2O2. The van der Waals surface area contributed by atoms with Gasteiger partial charge in [-0.25, -0.2) is 0 Å². The van der Waals surface area contributed by atoms with Crippen LogP contribution in [-0.4, -0.2) is 40.4 Å². The normalized spacial score (nSPS) is 18.6. The van der Waals surface area contributed by atoms with Gasteiger partial charge in [-0.1, -0.05) is 24.3 Å². The lowest BCUT2D eigenvalue weighted by molar-refractivity contribution is 0.399. The van der Waals surface area contributed by atoms with E-state index in [9.17, 15) is 0 Å². The highest BCUT2D eigenvalue weighted by Gasteiger charge is 2.25. The zero-order valence-electron chi connectivity index (χ0n) is 17.8. The maximum Gasteiger partial charge on any atom is 0.122 e. The van der Waals surface area contributed by atoms with Crippen molar-refractivity contribution in [1.82, 2.24) is 10.6 Å². The minimum atomic E-state index is 0.596. The van der Waals surface area contributed by atoms with Crippen LogP contribution in [0.2, 0.25) is 0 Å². The van der Waals surface area contributed by atoms with Gasteiger partial charge in [0.25, 0.3) is 0 Å². The van der Waals surface area contributed by atoms with Gasteiger partial charge in [-0.15, -0.1) is 0 Å². The van der Waals surface area contributed by atoms with Crippen LogP contribution in [0.5, 0.6) is 11.5 Å². The second kappa shape index (κ2) is 9.64. The Kier molecular flexibility index (Phi) is 6.73. The maximum atomic E-state index is 5.84. The number of hydrogen-bond acceptors (Lipinski definition) is 4. The number of nitrogens with one attached hydrogen (secondary N) is 2. The van der Waals surface area contributed by atoms with Gasteiger partial charge >= 0.3 is 0 Å². The molecule has 0 unspecified atom stereocenters. The first-order valence-corrected chi connectivity index (χ1v) is 11.0. The molecule has 4 nitrogen and oxygen atoms in total. The Bertz CT molecular complexity index is 741. The zero-order valence-corrected chi connectivity index (χ0v) is 17.8. The highest BCUT2D eigenvalue weighted by molar-refractivity contribution is 5.51. The molecule has 0 aliphatic carbocycles. The first-order chi connectivity index (χ1) is 14.3. The van der Waals surface area contributed by atoms with Gasteiger partial charge in [-0.2, -0.15) is 0 Å². The highest BCUT2D eigenvalue weighted by Crippen LogP contribution is 2.39. The summed E-state index contributed by atoms with van der Waals surface area (Å²) in [5, 5.41) is 6.99. The van der Waals surface area contributed by atoms with Crippen molar-refractivity contribution in [2.24, 2.45) is 0 Å².